The lowest BCUT2D eigenvalue weighted by Crippen LogP contribution is -1.42. The monoisotopic (exact) mass is 260 g/mol. The van der Waals surface area contributed by atoms with Gasteiger partial charge in [-0.1, -0.05) is 0 Å². The van der Waals surface area contributed by atoms with Crippen molar-refractivity contribution < 1.29 is 39.5 Å². The molecule has 0 rings (SSSR count). The third-order valence-electron chi connectivity index (χ3n) is 0.247. The van der Waals surface area contributed by atoms with Gasteiger partial charge in [-0.25, -0.2) is 13.2 Å². The van der Waals surface area contributed by atoms with E-state index in [-0.39, 0.29) is 8.41 Å². The summed E-state index contributed by atoms with van der Waals surface area (Å²) in [6, 6.07) is 0. The molecule has 0 aromatic carbocycles. The van der Waals surface area contributed by atoms with Gasteiger partial charge in [0.15, 0.2) is 19.0 Å². The second kappa shape index (κ2) is 19.3. The average Bonchev–Trinajstić information content (AvgIpc) is 2.19. The minimum absolute atomic E-state index is 0. The lowest BCUT2D eigenvalue weighted by molar-refractivity contribution is 0.399. The van der Waals surface area contributed by atoms with Crippen LogP contribution in [0.5, 0.6) is 0 Å². The van der Waals surface area contributed by atoms with Crippen molar-refractivity contribution in [1.29, 1.82) is 0 Å². The lowest BCUT2D eigenvalue weighted by Gasteiger charge is -1.59. The van der Waals surface area contributed by atoms with Gasteiger partial charge in [-0.2, -0.15) is 26.3 Å². The number of hydrogen-bond donors (Lipinski definition) is 0. The summed E-state index contributed by atoms with van der Waals surface area (Å²) >= 11 is 0. The molecule has 0 radical (unpaired) electrons. The van der Waals surface area contributed by atoms with E-state index in [9.17, 15) is 39.5 Å². The van der Waals surface area contributed by atoms with Crippen LogP contribution in [0.1, 0.15) is 0 Å². The molecular formula is C6H6BF9. The Morgan fingerprint density at radius 3 is 0.562 bits per heavy atom. The van der Waals surface area contributed by atoms with Crippen LogP contribution in [0.25, 0.3) is 0 Å². The van der Waals surface area contributed by atoms with E-state index >= 15 is 0 Å². The third-order valence-corrected chi connectivity index (χ3v) is 0.247. The lowest BCUT2D eigenvalue weighted by atomic mass is 10.8. The van der Waals surface area contributed by atoms with Crippen LogP contribution in [0.2, 0.25) is 0 Å². The van der Waals surface area contributed by atoms with Crippen LogP contribution >= 0.6 is 0 Å². The summed E-state index contributed by atoms with van der Waals surface area (Å²) in [5, 5.41) is 0. The highest BCUT2D eigenvalue weighted by molar-refractivity contribution is 5.75. The normalized spacial score (nSPS) is 6.56. The Kier molecular flexibility index (Phi) is 29.0. The largest absolute Gasteiger partial charge is 0.298 e. The second-order valence-electron chi connectivity index (χ2n) is 1.20. The summed E-state index contributed by atoms with van der Waals surface area (Å²) in [4.78, 5) is 0. The molecule has 0 amide bonds. The molecular weight excluding hydrogens is 254 g/mol. The van der Waals surface area contributed by atoms with Crippen molar-refractivity contribution in [3.63, 3.8) is 0 Å². The zero-order chi connectivity index (χ0) is 12.9. The van der Waals surface area contributed by atoms with Crippen LogP contribution in [0.15, 0.2) is 37.2 Å². The molecule has 0 aromatic heterocycles. The van der Waals surface area contributed by atoms with E-state index < -0.39 is 37.2 Å². The first-order valence-electron chi connectivity index (χ1n) is 2.65. The molecule has 0 spiro atoms. The quantitative estimate of drug-likeness (QED) is 0.457. The van der Waals surface area contributed by atoms with E-state index in [0.717, 1.165) is 0 Å². The zero-order valence-corrected chi connectivity index (χ0v) is 6.63. The molecule has 0 atom stereocenters. The highest BCUT2D eigenvalue weighted by Crippen LogP contribution is 1.94. The molecule has 0 unspecified atom stereocenters. The van der Waals surface area contributed by atoms with Gasteiger partial charge in [0.2, 0.25) is 0 Å². The fourth-order valence-corrected chi connectivity index (χ4v) is 0. The molecule has 0 N–H and O–H groups in total. The predicted octanol–water partition coefficient (Wildman–Crippen LogP) is 3.90. The highest BCUT2D eigenvalue weighted by atomic mass is 19.3. The Morgan fingerprint density at radius 2 is 0.562 bits per heavy atom. The number of halogens is 9. The van der Waals surface area contributed by atoms with E-state index in [2.05, 4.69) is 0 Å². The fourth-order valence-electron chi connectivity index (χ4n) is 0. The van der Waals surface area contributed by atoms with Crippen molar-refractivity contribution in [3.8, 4) is 0 Å². The van der Waals surface area contributed by atoms with Gasteiger partial charge in [0.25, 0.3) is 18.2 Å². The summed E-state index contributed by atoms with van der Waals surface area (Å²) in [7, 11) is 0. The molecule has 0 bridgehead atoms. The summed E-state index contributed by atoms with van der Waals surface area (Å²) in [6.45, 7) is 0. The maximum absolute atomic E-state index is 10.2. The van der Waals surface area contributed by atoms with Crippen molar-refractivity contribution >= 4 is 8.41 Å². The van der Waals surface area contributed by atoms with Gasteiger partial charge in [-0.15, -0.1) is 0 Å². The minimum atomic E-state index is -2.29. The van der Waals surface area contributed by atoms with Crippen LogP contribution in [0.3, 0.4) is 0 Å². The van der Waals surface area contributed by atoms with Crippen molar-refractivity contribution in [2.24, 2.45) is 0 Å². The minimum Gasteiger partial charge on any atom is -0.210 e. The van der Waals surface area contributed by atoms with Crippen molar-refractivity contribution in [1.82, 2.24) is 0 Å². The Balaban J connectivity index is -0.0000000655. The molecule has 0 heterocycles. The Labute approximate surface area is 86.3 Å². The Morgan fingerprint density at radius 1 is 0.500 bits per heavy atom. The van der Waals surface area contributed by atoms with Crippen molar-refractivity contribution in [2.75, 3.05) is 0 Å². The van der Waals surface area contributed by atoms with Crippen molar-refractivity contribution in [3.05, 3.63) is 37.2 Å². The summed E-state index contributed by atoms with van der Waals surface area (Å²) in [5.41, 5.74) is 0. The van der Waals surface area contributed by atoms with Gasteiger partial charge in [-0.3, -0.25) is 0 Å². The summed E-state index contributed by atoms with van der Waals surface area (Å²) < 4.78 is 92.1. The molecule has 0 saturated carbocycles. The molecule has 0 aliphatic rings. The molecule has 0 nitrogen and oxygen atoms in total. The first-order valence-corrected chi connectivity index (χ1v) is 2.65. The van der Waals surface area contributed by atoms with Gasteiger partial charge >= 0.3 is 0 Å². The Bertz CT molecular complexity index is 172. The average molecular weight is 260 g/mol. The van der Waals surface area contributed by atoms with Crippen LogP contribution in [0, 0.1) is 0 Å². The van der Waals surface area contributed by atoms with Gasteiger partial charge in [0.05, 0.1) is 8.41 Å². The van der Waals surface area contributed by atoms with Gasteiger partial charge < -0.3 is 0 Å². The zero-order valence-electron chi connectivity index (χ0n) is 6.63. The molecule has 96 valence electrons. The van der Waals surface area contributed by atoms with Crippen molar-refractivity contribution in [2.45, 2.75) is 0 Å². The smallest absolute Gasteiger partial charge is 0.210 e. The fraction of sp³-hybridized carbons (Fsp3) is 0. The second-order valence-corrected chi connectivity index (χ2v) is 1.20. The first kappa shape index (κ1) is 24.1. The SMILES string of the molecule is B.FC=C(F)F.FC=C(F)F.FC=C(F)F. The molecule has 0 aromatic rings. The van der Waals surface area contributed by atoms with E-state index in [1.54, 1.807) is 0 Å². The summed E-state index contributed by atoms with van der Waals surface area (Å²) in [5.74, 6) is 0. The van der Waals surface area contributed by atoms with Gasteiger partial charge in [0.1, 0.15) is 0 Å². The molecule has 0 fully saturated rings. The van der Waals surface area contributed by atoms with E-state index in [4.69, 9.17) is 0 Å². The summed E-state index contributed by atoms with van der Waals surface area (Å²) in [6.07, 6.45) is -9.11. The van der Waals surface area contributed by atoms with Gasteiger partial charge in [0, 0.05) is 0 Å². The predicted molar refractivity (Wildman–Crippen MR) is 44.2 cm³/mol. The van der Waals surface area contributed by atoms with E-state index in [0.29, 0.717) is 0 Å². The molecule has 0 saturated heterocycles. The van der Waals surface area contributed by atoms with Crippen LogP contribution < -0.4 is 0 Å². The third kappa shape index (κ3) is 79.3. The molecule has 16 heavy (non-hydrogen) atoms. The highest BCUT2D eigenvalue weighted by Gasteiger charge is 1.78. The van der Waals surface area contributed by atoms with E-state index in [1.165, 1.54) is 0 Å². The maximum Gasteiger partial charge on any atom is 0.298 e. The van der Waals surface area contributed by atoms with Crippen LogP contribution in [0.4, 0.5) is 39.5 Å². The Hall–Kier alpha value is -1.35. The molecule has 10 heteroatoms. The van der Waals surface area contributed by atoms with Gasteiger partial charge in [-0.05, 0) is 0 Å². The van der Waals surface area contributed by atoms with Crippen LogP contribution in [-0.2, 0) is 0 Å². The number of hydrogen-bond acceptors (Lipinski definition) is 0. The van der Waals surface area contributed by atoms with Crippen LogP contribution in [-0.4, -0.2) is 8.41 Å². The van der Waals surface area contributed by atoms with E-state index in [1.807, 2.05) is 0 Å². The standard InChI is InChI=1S/3C2HF3.BH3/c3*3-1-2(4)5;/h3*1H;1H3. The first-order chi connectivity index (χ1) is 6.81. The molecule has 0 aliphatic heterocycles. The maximum atomic E-state index is 10.2. The number of rotatable bonds is 0. The topological polar surface area (TPSA) is 0 Å². The molecule has 0 aliphatic carbocycles.